The van der Waals surface area contributed by atoms with E-state index in [0.29, 0.717) is 5.76 Å². The molecule has 0 saturated carbocycles. The van der Waals surface area contributed by atoms with Crippen molar-refractivity contribution >= 4 is 23.4 Å². The summed E-state index contributed by atoms with van der Waals surface area (Å²) in [5.74, 6) is 0.849. The Balaban J connectivity index is 1.84. The number of nitrogens with one attached hydrogen (secondary N) is 1. The lowest BCUT2D eigenvalue weighted by Crippen LogP contribution is -2.13. The Morgan fingerprint density at radius 2 is 2.00 bits per heavy atom. The minimum atomic E-state index is -0.312. The predicted molar refractivity (Wildman–Crippen MR) is 94.7 cm³/mol. The smallest absolute Gasteiger partial charge is 0.278 e. The van der Waals surface area contributed by atoms with Gasteiger partial charge in [-0.2, -0.15) is 0 Å². The molecular weight excluding hydrogens is 324 g/mol. The first kappa shape index (κ1) is 16.1. The Morgan fingerprint density at radius 1 is 1.21 bits per heavy atom. The molecule has 2 aromatic carbocycles. The molecule has 0 bridgehead atoms. The molecule has 3 rings (SSSR count). The first-order valence-corrected chi connectivity index (χ1v) is 8.47. The molecule has 0 unspecified atom stereocenters. The number of amides is 1. The van der Waals surface area contributed by atoms with E-state index in [9.17, 15) is 4.79 Å². The zero-order chi connectivity index (χ0) is 16.9. The first-order valence-electron chi connectivity index (χ1n) is 7.24. The molecule has 1 N–H and O–H groups in total. The van der Waals surface area contributed by atoms with E-state index >= 15 is 0 Å². The van der Waals surface area contributed by atoms with E-state index in [4.69, 9.17) is 9.15 Å². The fraction of sp³-hybridized carbons (Fsp3) is 0.111. The molecule has 6 heteroatoms. The van der Waals surface area contributed by atoms with Crippen LogP contribution in [0, 0.1) is 0 Å². The van der Waals surface area contributed by atoms with Crippen molar-refractivity contribution in [1.82, 2.24) is 4.98 Å². The highest BCUT2D eigenvalue weighted by Crippen LogP contribution is 2.26. The molecule has 24 heavy (non-hydrogen) atoms. The quantitative estimate of drug-likeness (QED) is 0.701. The monoisotopic (exact) mass is 340 g/mol. The van der Waals surface area contributed by atoms with E-state index in [2.05, 4.69) is 10.3 Å². The number of rotatable bonds is 5. The summed E-state index contributed by atoms with van der Waals surface area (Å²) in [6.07, 6.45) is 3.26. The van der Waals surface area contributed by atoms with Crippen molar-refractivity contribution in [3.8, 4) is 17.1 Å². The highest BCUT2D eigenvalue weighted by Gasteiger charge is 2.18. The molecule has 0 spiro atoms. The molecule has 3 aromatic rings. The number of carbonyl (C=O) groups is 1. The number of benzene rings is 2. The average Bonchev–Trinajstić information content (AvgIpc) is 3.12. The Morgan fingerprint density at radius 3 is 2.71 bits per heavy atom. The SMILES string of the molecule is COc1ccc(-c2ocnc2C(=O)Nc2cccc(SC)c2)cc1. The summed E-state index contributed by atoms with van der Waals surface area (Å²) in [5, 5.41) is 2.85. The van der Waals surface area contributed by atoms with Crippen molar-refractivity contribution < 1.29 is 13.9 Å². The number of anilines is 1. The summed E-state index contributed by atoms with van der Waals surface area (Å²) in [6.45, 7) is 0. The third-order valence-electron chi connectivity index (χ3n) is 3.46. The van der Waals surface area contributed by atoms with Crippen LogP contribution in [0.5, 0.6) is 5.75 Å². The minimum Gasteiger partial charge on any atom is -0.497 e. The standard InChI is InChI=1S/C18H16N2O3S/c1-22-14-8-6-12(7-9-14)17-16(19-11-23-17)18(21)20-13-4-3-5-15(10-13)24-2/h3-11H,1-2H3,(H,20,21). The average molecular weight is 340 g/mol. The fourth-order valence-corrected chi connectivity index (χ4v) is 2.71. The van der Waals surface area contributed by atoms with Crippen molar-refractivity contribution in [3.63, 3.8) is 0 Å². The highest BCUT2D eigenvalue weighted by molar-refractivity contribution is 7.98. The van der Waals surface area contributed by atoms with Crippen LogP contribution in [0.3, 0.4) is 0 Å². The number of oxazole rings is 1. The maximum Gasteiger partial charge on any atom is 0.278 e. The van der Waals surface area contributed by atoms with Gasteiger partial charge in [0.05, 0.1) is 7.11 Å². The van der Waals surface area contributed by atoms with Crippen LogP contribution in [0.15, 0.2) is 64.2 Å². The van der Waals surface area contributed by atoms with Crippen LogP contribution in [0.25, 0.3) is 11.3 Å². The van der Waals surface area contributed by atoms with Crippen LogP contribution >= 0.6 is 11.8 Å². The van der Waals surface area contributed by atoms with Gasteiger partial charge in [-0.05, 0) is 48.7 Å². The topological polar surface area (TPSA) is 64.4 Å². The molecule has 1 amide bonds. The molecule has 122 valence electrons. The number of carbonyl (C=O) groups excluding carboxylic acids is 1. The maximum absolute atomic E-state index is 12.5. The van der Waals surface area contributed by atoms with Crippen molar-refractivity contribution in [2.45, 2.75) is 4.90 Å². The van der Waals surface area contributed by atoms with E-state index in [1.54, 1.807) is 18.9 Å². The Bertz CT molecular complexity index is 843. The van der Waals surface area contributed by atoms with Gasteiger partial charge in [-0.3, -0.25) is 4.79 Å². The van der Waals surface area contributed by atoms with Crippen LogP contribution in [0.4, 0.5) is 5.69 Å². The summed E-state index contributed by atoms with van der Waals surface area (Å²) in [6, 6.07) is 14.9. The largest absolute Gasteiger partial charge is 0.497 e. The normalized spacial score (nSPS) is 10.4. The van der Waals surface area contributed by atoms with Crippen molar-refractivity contribution in [2.24, 2.45) is 0 Å². The third-order valence-corrected chi connectivity index (χ3v) is 4.19. The lowest BCUT2D eigenvalue weighted by Gasteiger charge is -2.06. The number of thioether (sulfide) groups is 1. The van der Waals surface area contributed by atoms with Crippen LogP contribution in [-0.4, -0.2) is 24.3 Å². The van der Waals surface area contributed by atoms with Gasteiger partial charge in [-0.15, -0.1) is 11.8 Å². The zero-order valence-corrected chi connectivity index (χ0v) is 14.1. The lowest BCUT2D eigenvalue weighted by atomic mass is 10.1. The second-order valence-corrected chi connectivity index (χ2v) is 5.82. The van der Waals surface area contributed by atoms with Crippen LogP contribution in [0.1, 0.15) is 10.5 Å². The number of methoxy groups -OCH3 is 1. The van der Waals surface area contributed by atoms with Crippen molar-refractivity contribution in [2.75, 3.05) is 18.7 Å². The molecule has 1 heterocycles. The van der Waals surface area contributed by atoms with E-state index in [-0.39, 0.29) is 11.6 Å². The maximum atomic E-state index is 12.5. The first-order chi connectivity index (χ1) is 11.7. The second kappa shape index (κ2) is 7.23. The Labute approximate surface area is 144 Å². The van der Waals surface area contributed by atoms with Gasteiger partial charge in [0, 0.05) is 16.1 Å². The Hall–Kier alpha value is -2.73. The van der Waals surface area contributed by atoms with E-state index in [0.717, 1.165) is 21.9 Å². The van der Waals surface area contributed by atoms with E-state index in [1.165, 1.54) is 6.39 Å². The van der Waals surface area contributed by atoms with Crippen LogP contribution in [-0.2, 0) is 0 Å². The number of aromatic nitrogens is 1. The van der Waals surface area contributed by atoms with E-state index < -0.39 is 0 Å². The number of hydrogen-bond acceptors (Lipinski definition) is 5. The van der Waals surface area contributed by atoms with Gasteiger partial charge in [0.15, 0.2) is 17.8 Å². The van der Waals surface area contributed by atoms with Gasteiger partial charge in [0.25, 0.3) is 5.91 Å². The highest BCUT2D eigenvalue weighted by atomic mass is 32.2. The van der Waals surface area contributed by atoms with Crippen molar-refractivity contribution in [1.29, 1.82) is 0 Å². The lowest BCUT2D eigenvalue weighted by molar-refractivity contribution is 0.102. The second-order valence-electron chi connectivity index (χ2n) is 4.94. The van der Waals surface area contributed by atoms with Gasteiger partial charge < -0.3 is 14.5 Å². The van der Waals surface area contributed by atoms with E-state index in [1.807, 2.05) is 54.8 Å². The molecular formula is C18H16N2O3S. The Kier molecular flexibility index (Phi) is 4.86. The number of ether oxygens (including phenoxy) is 1. The summed E-state index contributed by atoms with van der Waals surface area (Å²) in [5.41, 5.74) is 1.72. The van der Waals surface area contributed by atoms with Crippen molar-refractivity contribution in [3.05, 3.63) is 60.6 Å². The molecule has 5 nitrogen and oxygen atoms in total. The molecule has 0 aliphatic heterocycles. The zero-order valence-electron chi connectivity index (χ0n) is 13.3. The predicted octanol–water partition coefficient (Wildman–Crippen LogP) is 4.32. The van der Waals surface area contributed by atoms with Gasteiger partial charge in [-0.1, -0.05) is 6.07 Å². The summed E-state index contributed by atoms with van der Waals surface area (Å²) >= 11 is 1.61. The molecule has 0 saturated heterocycles. The summed E-state index contributed by atoms with van der Waals surface area (Å²) in [7, 11) is 1.60. The van der Waals surface area contributed by atoms with Crippen LogP contribution in [0.2, 0.25) is 0 Å². The van der Waals surface area contributed by atoms with Gasteiger partial charge in [-0.25, -0.2) is 4.98 Å². The number of hydrogen-bond donors (Lipinski definition) is 1. The summed E-state index contributed by atoms with van der Waals surface area (Å²) < 4.78 is 10.5. The fourth-order valence-electron chi connectivity index (χ4n) is 2.25. The van der Waals surface area contributed by atoms with Gasteiger partial charge in [0.2, 0.25) is 0 Å². The third kappa shape index (κ3) is 3.44. The summed E-state index contributed by atoms with van der Waals surface area (Å²) in [4.78, 5) is 17.7. The molecule has 0 radical (unpaired) electrons. The molecule has 0 aliphatic carbocycles. The number of nitrogens with zero attached hydrogens (tertiary/aromatic N) is 1. The van der Waals surface area contributed by atoms with Gasteiger partial charge >= 0.3 is 0 Å². The van der Waals surface area contributed by atoms with Crippen LogP contribution < -0.4 is 10.1 Å². The molecule has 1 aromatic heterocycles. The minimum absolute atomic E-state index is 0.245. The molecule has 0 aliphatic rings. The van der Waals surface area contributed by atoms with Gasteiger partial charge in [0.1, 0.15) is 5.75 Å². The molecule has 0 atom stereocenters. The molecule has 0 fully saturated rings.